The number of benzene rings is 1. The van der Waals surface area contributed by atoms with E-state index >= 15 is 0 Å². The van der Waals surface area contributed by atoms with Crippen LogP contribution in [0.5, 0.6) is 0 Å². The summed E-state index contributed by atoms with van der Waals surface area (Å²) in [7, 11) is 0. The van der Waals surface area contributed by atoms with Crippen molar-refractivity contribution in [3.63, 3.8) is 0 Å². The molecule has 20 heavy (non-hydrogen) atoms. The molecule has 0 heterocycles. The number of nitrogens with one attached hydrogen (secondary N) is 1. The maximum atomic E-state index is 13.1. The number of rotatable bonds is 8. The van der Waals surface area contributed by atoms with Crippen LogP contribution in [0.25, 0.3) is 0 Å². The van der Waals surface area contributed by atoms with Gasteiger partial charge in [0, 0.05) is 12.1 Å². The van der Waals surface area contributed by atoms with Crippen molar-refractivity contribution in [2.45, 2.75) is 52.9 Å². The topological polar surface area (TPSA) is 29.1 Å². The van der Waals surface area contributed by atoms with Gasteiger partial charge in [0.25, 0.3) is 5.91 Å². The van der Waals surface area contributed by atoms with E-state index in [4.69, 9.17) is 0 Å². The van der Waals surface area contributed by atoms with Crippen molar-refractivity contribution in [2.75, 3.05) is 6.54 Å². The first kappa shape index (κ1) is 16.7. The van der Waals surface area contributed by atoms with Crippen molar-refractivity contribution in [1.29, 1.82) is 0 Å². The summed E-state index contributed by atoms with van der Waals surface area (Å²) in [6.45, 7) is 6.84. The molecular formula is C17H26FNO. The first-order valence-electron chi connectivity index (χ1n) is 7.55. The summed E-state index contributed by atoms with van der Waals surface area (Å²) >= 11 is 0. The van der Waals surface area contributed by atoms with Gasteiger partial charge < -0.3 is 5.32 Å². The average Bonchev–Trinajstić information content (AvgIpc) is 2.40. The van der Waals surface area contributed by atoms with Crippen LogP contribution in [0.15, 0.2) is 18.2 Å². The molecule has 1 amide bonds. The Kier molecular flexibility index (Phi) is 7.27. The molecule has 112 valence electrons. The standard InChI is InChI=1S/C17H26FNO/c1-13(2)8-6-4-5-7-11-19-17(20)15-9-10-16(18)14(3)12-15/h9-10,12-13H,4-8,11H2,1-3H3,(H,19,20). The largest absolute Gasteiger partial charge is 0.352 e. The van der Waals surface area contributed by atoms with Gasteiger partial charge in [0.15, 0.2) is 0 Å². The summed E-state index contributed by atoms with van der Waals surface area (Å²) in [4.78, 5) is 11.9. The van der Waals surface area contributed by atoms with Crippen LogP contribution in [0.3, 0.4) is 0 Å². The molecule has 0 aliphatic heterocycles. The van der Waals surface area contributed by atoms with Crippen molar-refractivity contribution in [2.24, 2.45) is 5.92 Å². The number of carbonyl (C=O) groups is 1. The van der Waals surface area contributed by atoms with Gasteiger partial charge in [-0.15, -0.1) is 0 Å². The molecule has 0 aromatic heterocycles. The first-order chi connectivity index (χ1) is 9.50. The molecule has 0 radical (unpaired) electrons. The molecule has 0 aliphatic rings. The first-order valence-corrected chi connectivity index (χ1v) is 7.55. The molecule has 2 nitrogen and oxygen atoms in total. The van der Waals surface area contributed by atoms with Gasteiger partial charge in [-0.25, -0.2) is 4.39 Å². The average molecular weight is 279 g/mol. The normalized spacial score (nSPS) is 10.8. The van der Waals surface area contributed by atoms with E-state index in [-0.39, 0.29) is 11.7 Å². The van der Waals surface area contributed by atoms with E-state index in [1.165, 1.54) is 31.4 Å². The van der Waals surface area contributed by atoms with Crippen LogP contribution in [0.2, 0.25) is 0 Å². The third-order valence-corrected chi connectivity index (χ3v) is 3.41. The van der Waals surface area contributed by atoms with Gasteiger partial charge in [0.1, 0.15) is 5.82 Å². The van der Waals surface area contributed by atoms with Gasteiger partial charge in [0.05, 0.1) is 0 Å². The fourth-order valence-corrected chi connectivity index (χ4v) is 2.12. The number of aryl methyl sites for hydroxylation is 1. The van der Waals surface area contributed by atoms with Crippen LogP contribution in [-0.4, -0.2) is 12.5 Å². The predicted octanol–water partition coefficient (Wildman–Crippen LogP) is 4.47. The lowest BCUT2D eigenvalue weighted by Gasteiger charge is -2.07. The minimum Gasteiger partial charge on any atom is -0.352 e. The van der Waals surface area contributed by atoms with Gasteiger partial charge in [-0.3, -0.25) is 4.79 Å². The SMILES string of the molecule is Cc1cc(C(=O)NCCCCCCC(C)C)ccc1F. The summed E-state index contributed by atoms with van der Waals surface area (Å²) in [6.07, 6.45) is 5.92. The van der Waals surface area contributed by atoms with Gasteiger partial charge in [0.2, 0.25) is 0 Å². The summed E-state index contributed by atoms with van der Waals surface area (Å²) in [5.74, 6) is 0.387. The quantitative estimate of drug-likeness (QED) is 0.699. The Morgan fingerprint density at radius 3 is 2.55 bits per heavy atom. The lowest BCUT2D eigenvalue weighted by Crippen LogP contribution is -2.24. The van der Waals surface area contributed by atoms with Crippen molar-refractivity contribution in [3.05, 3.63) is 35.1 Å². The maximum absolute atomic E-state index is 13.1. The smallest absolute Gasteiger partial charge is 0.251 e. The second kappa shape index (κ2) is 8.72. The zero-order valence-corrected chi connectivity index (χ0v) is 12.8. The summed E-state index contributed by atoms with van der Waals surface area (Å²) in [5.41, 5.74) is 1.04. The number of amides is 1. The lowest BCUT2D eigenvalue weighted by molar-refractivity contribution is 0.0953. The number of hydrogen-bond donors (Lipinski definition) is 1. The fraction of sp³-hybridized carbons (Fsp3) is 0.588. The molecule has 0 fully saturated rings. The second-order valence-electron chi connectivity index (χ2n) is 5.82. The van der Waals surface area contributed by atoms with Gasteiger partial charge in [-0.2, -0.15) is 0 Å². The lowest BCUT2D eigenvalue weighted by atomic mass is 10.0. The van der Waals surface area contributed by atoms with Crippen LogP contribution in [-0.2, 0) is 0 Å². The molecule has 0 saturated heterocycles. The molecule has 0 saturated carbocycles. The minimum atomic E-state index is -0.272. The molecular weight excluding hydrogens is 253 g/mol. The van der Waals surface area contributed by atoms with Crippen LogP contribution in [0, 0.1) is 18.7 Å². The minimum absolute atomic E-state index is 0.115. The molecule has 1 rings (SSSR count). The molecule has 0 aliphatic carbocycles. The van der Waals surface area contributed by atoms with Crippen molar-refractivity contribution in [3.8, 4) is 0 Å². The Morgan fingerprint density at radius 1 is 1.20 bits per heavy atom. The molecule has 1 aromatic rings. The molecule has 1 N–H and O–H groups in total. The second-order valence-corrected chi connectivity index (χ2v) is 5.82. The molecule has 3 heteroatoms. The monoisotopic (exact) mass is 279 g/mol. The van der Waals surface area contributed by atoms with E-state index < -0.39 is 0 Å². The number of carbonyl (C=O) groups excluding carboxylic acids is 1. The van der Waals surface area contributed by atoms with Crippen molar-refractivity contribution in [1.82, 2.24) is 5.32 Å². The maximum Gasteiger partial charge on any atom is 0.251 e. The zero-order valence-electron chi connectivity index (χ0n) is 12.8. The molecule has 0 atom stereocenters. The highest BCUT2D eigenvalue weighted by Crippen LogP contribution is 2.10. The number of hydrogen-bond acceptors (Lipinski definition) is 1. The van der Waals surface area contributed by atoms with Crippen LogP contribution in [0.1, 0.15) is 61.9 Å². The summed E-state index contributed by atoms with van der Waals surface area (Å²) < 4.78 is 13.1. The highest BCUT2D eigenvalue weighted by atomic mass is 19.1. The Morgan fingerprint density at radius 2 is 1.90 bits per heavy atom. The van der Waals surface area contributed by atoms with E-state index in [0.29, 0.717) is 17.7 Å². The number of unbranched alkanes of at least 4 members (excludes halogenated alkanes) is 3. The van der Waals surface area contributed by atoms with Gasteiger partial charge in [-0.1, -0.05) is 39.5 Å². The summed E-state index contributed by atoms with van der Waals surface area (Å²) in [6, 6.07) is 4.46. The molecule has 0 spiro atoms. The van der Waals surface area contributed by atoms with E-state index in [0.717, 1.165) is 18.8 Å². The Balaban J connectivity index is 2.18. The van der Waals surface area contributed by atoms with Crippen LogP contribution >= 0.6 is 0 Å². The molecule has 0 unspecified atom stereocenters. The predicted molar refractivity (Wildman–Crippen MR) is 81.4 cm³/mol. The van der Waals surface area contributed by atoms with Crippen LogP contribution < -0.4 is 5.32 Å². The third kappa shape index (κ3) is 6.18. The molecule has 1 aromatic carbocycles. The Bertz CT molecular complexity index is 429. The van der Waals surface area contributed by atoms with Crippen molar-refractivity contribution >= 4 is 5.91 Å². The van der Waals surface area contributed by atoms with E-state index in [2.05, 4.69) is 19.2 Å². The van der Waals surface area contributed by atoms with E-state index in [9.17, 15) is 9.18 Å². The van der Waals surface area contributed by atoms with Crippen LogP contribution in [0.4, 0.5) is 4.39 Å². The van der Waals surface area contributed by atoms with Crippen molar-refractivity contribution < 1.29 is 9.18 Å². The third-order valence-electron chi connectivity index (χ3n) is 3.41. The Hall–Kier alpha value is -1.38. The van der Waals surface area contributed by atoms with E-state index in [1.54, 1.807) is 13.0 Å². The zero-order chi connectivity index (χ0) is 15.0. The number of halogens is 1. The molecule has 0 bridgehead atoms. The van der Waals surface area contributed by atoms with Gasteiger partial charge >= 0.3 is 0 Å². The Labute approximate surface area is 121 Å². The highest BCUT2D eigenvalue weighted by Gasteiger charge is 2.06. The van der Waals surface area contributed by atoms with E-state index in [1.807, 2.05) is 0 Å². The fourth-order valence-electron chi connectivity index (χ4n) is 2.12. The highest BCUT2D eigenvalue weighted by molar-refractivity contribution is 5.94. The van der Waals surface area contributed by atoms with Gasteiger partial charge in [-0.05, 0) is 43.0 Å². The summed E-state index contributed by atoms with van der Waals surface area (Å²) in [5, 5.41) is 2.88.